The lowest BCUT2D eigenvalue weighted by Crippen LogP contribution is -2.25. The van der Waals surface area contributed by atoms with E-state index >= 15 is 0 Å². The van der Waals surface area contributed by atoms with Gasteiger partial charge in [0.15, 0.2) is 0 Å². The van der Waals surface area contributed by atoms with Crippen molar-refractivity contribution >= 4 is 33.0 Å². The van der Waals surface area contributed by atoms with Crippen molar-refractivity contribution in [3.05, 3.63) is 76.4 Å². The van der Waals surface area contributed by atoms with Crippen molar-refractivity contribution in [2.24, 2.45) is 0 Å². The second kappa shape index (κ2) is 8.37. The number of benzene rings is 1. The number of rotatable bonds is 6. The van der Waals surface area contributed by atoms with Gasteiger partial charge in [0.25, 0.3) is 5.91 Å². The zero-order chi connectivity index (χ0) is 24.0. The van der Waals surface area contributed by atoms with Gasteiger partial charge in [-0.15, -0.1) is 0 Å². The smallest absolute Gasteiger partial charge is 0.257 e. The Labute approximate surface area is 198 Å². The maximum Gasteiger partial charge on any atom is 0.257 e. The van der Waals surface area contributed by atoms with Gasteiger partial charge >= 0.3 is 0 Å². The molecule has 2 aliphatic heterocycles. The first kappa shape index (κ1) is 22.3. The summed E-state index contributed by atoms with van der Waals surface area (Å²) in [5, 5.41) is 3.31. The van der Waals surface area contributed by atoms with Crippen molar-refractivity contribution in [3.63, 3.8) is 0 Å². The molecule has 0 fully saturated rings. The highest BCUT2D eigenvalue weighted by atomic mass is 32.2. The van der Waals surface area contributed by atoms with Crippen LogP contribution in [0.5, 0.6) is 0 Å². The summed E-state index contributed by atoms with van der Waals surface area (Å²) in [5.41, 5.74) is 6.71. The molecule has 10 heteroatoms. The lowest BCUT2D eigenvalue weighted by atomic mass is 10.1. The number of pyridine rings is 2. The summed E-state index contributed by atoms with van der Waals surface area (Å²) in [6.07, 6.45) is 3.50. The summed E-state index contributed by atoms with van der Waals surface area (Å²) in [6.45, 7) is 1.58. The van der Waals surface area contributed by atoms with Crippen LogP contribution < -0.4 is 9.62 Å². The Hall–Kier alpha value is -3.50. The molecule has 0 atom stereocenters. The van der Waals surface area contributed by atoms with Gasteiger partial charge < -0.3 is 15.0 Å². The molecule has 0 bridgehead atoms. The first-order valence-corrected chi connectivity index (χ1v) is 12.7. The molecule has 0 aliphatic carbocycles. The fourth-order valence-electron chi connectivity index (χ4n) is 4.26. The monoisotopic (exact) mass is 479 g/mol. The van der Waals surface area contributed by atoms with Crippen molar-refractivity contribution in [2.45, 2.75) is 26.2 Å². The first-order valence-electron chi connectivity index (χ1n) is 10.8. The summed E-state index contributed by atoms with van der Waals surface area (Å²) < 4.78 is 31.0. The third-order valence-electron chi connectivity index (χ3n) is 6.12. The molecule has 5 rings (SSSR count). The van der Waals surface area contributed by atoms with Gasteiger partial charge in [-0.05, 0) is 29.8 Å². The molecule has 4 heterocycles. The largest absolute Gasteiger partial charge is 0.372 e. The van der Waals surface area contributed by atoms with Crippen LogP contribution in [0.25, 0.3) is 0 Å². The average molecular weight is 480 g/mol. The van der Waals surface area contributed by atoms with Gasteiger partial charge in [-0.25, -0.2) is 8.42 Å². The average Bonchev–Trinajstić information content (AvgIpc) is 3.36. The van der Waals surface area contributed by atoms with E-state index in [9.17, 15) is 13.2 Å². The Kier molecular flexibility index (Phi) is 5.49. The van der Waals surface area contributed by atoms with Crippen molar-refractivity contribution in [2.75, 3.05) is 30.0 Å². The minimum atomic E-state index is -3.47. The quantitative estimate of drug-likeness (QED) is 0.580. The van der Waals surface area contributed by atoms with Crippen molar-refractivity contribution < 1.29 is 17.9 Å². The molecule has 3 aromatic rings. The molecule has 0 spiro atoms. The van der Waals surface area contributed by atoms with E-state index in [1.807, 2.05) is 24.4 Å². The predicted octanol–water partition coefficient (Wildman–Crippen LogP) is 2.82. The third kappa shape index (κ3) is 4.10. The molecule has 34 heavy (non-hydrogen) atoms. The number of nitrogens with one attached hydrogen (secondary N) is 1. The fourth-order valence-corrected chi connectivity index (χ4v) is 4.77. The summed E-state index contributed by atoms with van der Waals surface area (Å²) in [4.78, 5) is 23.8. The number of hydrogen-bond donors (Lipinski definition) is 1. The van der Waals surface area contributed by atoms with Gasteiger partial charge in [0.2, 0.25) is 10.0 Å². The molecular formula is C24H25N5O4S. The Morgan fingerprint density at radius 2 is 1.88 bits per heavy atom. The number of para-hydroxylation sites is 2. The number of anilines is 3. The Balaban J connectivity index is 1.54. The number of aromatic nitrogens is 2. The summed E-state index contributed by atoms with van der Waals surface area (Å²) in [7, 11) is -0.231. The maximum atomic E-state index is 12.9. The number of amides is 1. The number of sulfonamides is 1. The van der Waals surface area contributed by atoms with Gasteiger partial charge in [0.1, 0.15) is 0 Å². The van der Waals surface area contributed by atoms with Crippen LogP contribution in [0.1, 0.15) is 38.6 Å². The lowest BCUT2D eigenvalue weighted by Gasteiger charge is -2.21. The second-order valence-electron chi connectivity index (χ2n) is 8.63. The molecule has 9 nitrogen and oxygen atoms in total. The fraction of sp³-hybridized carbons (Fsp3) is 0.292. The summed E-state index contributed by atoms with van der Waals surface area (Å²) >= 11 is 0. The second-order valence-corrected chi connectivity index (χ2v) is 10.6. The van der Waals surface area contributed by atoms with E-state index < -0.39 is 10.0 Å². The molecule has 1 aromatic carbocycles. The molecule has 1 N–H and O–H groups in total. The Morgan fingerprint density at radius 1 is 1.12 bits per heavy atom. The van der Waals surface area contributed by atoms with Crippen LogP contribution in [-0.2, 0) is 40.9 Å². The number of ether oxygens (including phenoxy) is 1. The highest BCUT2D eigenvalue weighted by Gasteiger charge is 2.30. The van der Waals surface area contributed by atoms with E-state index in [0.717, 1.165) is 28.8 Å². The first-order chi connectivity index (χ1) is 16.2. The number of hydrogen-bond acceptors (Lipinski definition) is 7. The molecule has 0 saturated carbocycles. The van der Waals surface area contributed by atoms with Crippen LogP contribution in [0.3, 0.4) is 0 Å². The normalized spacial score (nSPS) is 14.8. The number of carbonyl (C=O) groups excluding carboxylic acids is 1. The Morgan fingerprint density at radius 3 is 2.68 bits per heavy atom. The van der Waals surface area contributed by atoms with Crippen LogP contribution in [0, 0.1) is 0 Å². The third-order valence-corrected chi connectivity index (χ3v) is 7.31. The summed E-state index contributed by atoms with van der Waals surface area (Å²) in [6, 6.07) is 11.0. The van der Waals surface area contributed by atoms with Gasteiger partial charge in [-0.3, -0.25) is 19.1 Å². The van der Waals surface area contributed by atoms with Gasteiger partial charge in [0, 0.05) is 43.7 Å². The van der Waals surface area contributed by atoms with E-state index in [2.05, 4.69) is 10.3 Å². The van der Waals surface area contributed by atoms with Crippen LogP contribution in [-0.4, -0.2) is 49.5 Å². The number of carbonyl (C=O) groups is 1. The van der Waals surface area contributed by atoms with Crippen LogP contribution >= 0.6 is 0 Å². The minimum absolute atomic E-state index is 0.127. The van der Waals surface area contributed by atoms with E-state index in [-0.39, 0.29) is 5.91 Å². The topological polar surface area (TPSA) is 105 Å². The van der Waals surface area contributed by atoms with Crippen LogP contribution in [0.15, 0.2) is 42.6 Å². The van der Waals surface area contributed by atoms with E-state index in [1.54, 1.807) is 30.1 Å². The van der Waals surface area contributed by atoms with Gasteiger partial charge in [-0.1, -0.05) is 12.1 Å². The molecule has 2 aromatic heterocycles. The highest BCUT2D eigenvalue weighted by molar-refractivity contribution is 7.92. The zero-order valence-corrected chi connectivity index (χ0v) is 20.0. The molecular weight excluding hydrogens is 454 g/mol. The highest BCUT2D eigenvalue weighted by Crippen LogP contribution is 2.35. The van der Waals surface area contributed by atoms with Crippen molar-refractivity contribution in [1.82, 2.24) is 14.9 Å². The molecule has 0 saturated heterocycles. The maximum absolute atomic E-state index is 12.9. The lowest BCUT2D eigenvalue weighted by molar-refractivity contribution is 0.0817. The molecule has 176 valence electrons. The number of fused-ring (bicyclic) bond motifs is 2. The SMILES string of the molecule is CN1Cc2nc(Cc3cc4c(cn3)COC4)cc(Nc3ccccc3N(C)S(C)(=O)=O)c2C1=O. The molecule has 2 aliphatic rings. The van der Waals surface area contributed by atoms with E-state index in [1.165, 1.54) is 11.4 Å². The molecule has 1 amide bonds. The number of nitrogens with zero attached hydrogens (tertiary/aromatic N) is 4. The minimum Gasteiger partial charge on any atom is -0.372 e. The standard InChI is InChI=1S/C24H25N5O4S/c1-28-12-21-23(24(28)30)20(27-19-6-4-5-7-22(19)29(2)34(3,31)32)10-18(26-21)9-17-8-15-13-33-14-16(15)11-25-17/h4-8,10-11H,9,12-14H2,1-3H3,(H,26,27). The molecule has 0 radical (unpaired) electrons. The summed E-state index contributed by atoms with van der Waals surface area (Å²) in [5.74, 6) is -0.127. The van der Waals surface area contributed by atoms with Gasteiger partial charge in [0.05, 0.1) is 54.3 Å². The van der Waals surface area contributed by atoms with Crippen molar-refractivity contribution in [1.29, 1.82) is 0 Å². The van der Waals surface area contributed by atoms with Crippen LogP contribution in [0.2, 0.25) is 0 Å². The van der Waals surface area contributed by atoms with Crippen molar-refractivity contribution in [3.8, 4) is 0 Å². The molecule has 0 unspecified atom stereocenters. The van der Waals surface area contributed by atoms with Crippen LogP contribution in [0.4, 0.5) is 17.1 Å². The van der Waals surface area contributed by atoms with E-state index in [4.69, 9.17) is 9.72 Å². The predicted molar refractivity (Wildman–Crippen MR) is 129 cm³/mol. The zero-order valence-electron chi connectivity index (χ0n) is 19.2. The van der Waals surface area contributed by atoms with E-state index in [0.29, 0.717) is 54.5 Å². The van der Waals surface area contributed by atoms with Gasteiger partial charge in [-0.2, -0.15) is 0 Å². The Bertz CT molecular complexity index is 1410.